The number of hydrogen-bond donors (Lipinski definition) is 8. The molecule has 9 rings (SSSR count). The number of aliphatic hydroxyl groups is 1. The number of anilines is 2. The Morgan fingerprint density at radius 1 is 0.895 bits per heavy atom. The van der Waals surface area contributed by atoms with Gasteiger partial charge in [0.25, 0.3) is 5.91 Å². The van der Waals surface area contributed by atoms with E-state index in [0.29, 0.717) is 40.9 Å². The molecule has 5 atom stereocenters. The number of aliphatic hydroxyl groups excluding tert-OH is 1. The molecule has 4 aliphatic rings. The van der Waals surface area contributed by atoms with Crippen molar-refractivity contribution >= 4 is 73.0 Å². The monoisotopic (exact) mass is 1090 g/mol. The number of nitrogens with two attached hydrogens (primary N) is 1. The van der Waals surface area contributed by atoms with Gasteiger partial charge in [0.05, 0.1) is 30.1 Å². The van der Waals surface area contributed by atoms with Gasteiger partial charge in [-0.05, 0) is 94.7 Å². The number of phosphoric acid groups is 2. The number of nitrogens with zero attached hydrogens (tertiary/aromatic N) is 6. The minimum absolute atomic E-state index is 0.0140. The molecule has 1 unspecified atom stereocenters. The fourth-order valence-corrected chi connectivity index (χ4v) is 12.4. The van der Waals surface area contributed by atoms with Crippen molar-refractivity contribution in [3.63, 3.8) is 0 Å². The van der Waals surface area contributed by atoms with Crippen LogP contribution in [0.1, 0.15) is 105 Å². The lowest BCUT2D eigenvalue weighted by atomic mass is 9.83. The number of phosphoric ester groups is 1. The summed E-state index contributed by atoms with van der Waals surface area (Å²) < 4.78 is 53.8. The van der Waals surface area contributed by atoms with Crippen molar-refractivity contribution in [3.05, 3.63) is 111 Å². The lowest BCUT2D eigenvalue weighted by molar-refractivity contribution is -0.0522. The molecule has 76 heavy (non-hydrogen) atoms. The molecule has 4 aliphatic heterocycles. The number of fused-ring (bicyclic) bond motifs is 5. The van der Waals surface area contributed by atoms with Gasteiger partial charge in [-0.2, -0.15) is 4.31 Å². The molecular formula is C50H58N9O15P2+. The molecule has 0 spiro atoms. The fourth-order valence-electron chi connectivity index (χ4n) is 10.8. The first kappa shape index (κ1) is 54.0. The predicted octanol–water partition coefficient (Wildman–Crippen LogP) is 4.20. The van der Waals surface area contributed by atoms with Gasteiger partial charge in [-0.15, -0.1) is 0 Å². The van der Waals surface area contributed by atoms with Crippen LogP contribution in [-0.2, 0) is 27.4 Å². The number of nitrogen functional groups attached to an aromatic ring is 1. The number of rotatable bonds is 15. The van der Waals surface area contributed by atoms with Gasteiger partial charge < -0.3 is 60.4 Å². The van der Waals surface area contributed by atoms with Crippen LogP contribution in [0.2, 0.25) is 0 Å². The fraction of sp³-hybridized carbons (Fsp3) is 0.380. The number of carboxylic acid groups (broad SMARTS) is 1. The predicted molar refractivity (Wildman–Crippen MR) is 277 cm³/mol. The summed E-state index contributed by atoms with van der Waals surface area (Å²) in [6.45, 7) is 16.9. The number of aromatic carboxylic acids is 1. The number of hydrogen-bond acceptors (Lipinski definition) is 16. The molecule has 1 saturated heterocycles. The lowest BCUT2D eigenvalue weighted by Crippen LogP contribution is -2.49. The van der Waals surface area contributed by atoms with Gasteiger partial charge in [0.2, 0.25) is 5.36 Å². The summed E-state index contributed by atoms with van der Waals surface area (Å²) in [4.78, 5) is 83.0. The summed E-state index contributed by atoms with van der Waals surface area (Å²) in [5.41, 5.74) is 12.0. The molecule has 0 bridgehead atoms. The maximum Gasteiger partial charge on any atom is 0.481 e. The molecule has 24 nitrogen and oxygen atoms in total. The van der Waals surface area contributed by atoms with Crippen molar-refractivity contribution in [2.75, 3.05) is 43.4 Å². The zero-order valence-corrected chi connectivity index (χ0v) is 44.5. The molecule has 2 amide bonds. The normalized spacial score (nSPS) is 21.0. The summed E-state index contributed by atoms with van der Waals surface area (Å²) >= 11 is 0. The summed E-state index contributed by atoms with van der Waals surface area (Å²) in [6, 6.07) is 12.4. The zero-order valence-electron chi connectivity index (χ0n) is 42.7. The van der Waals surface area contributed by atoms with E-state index < -0.39 is 64.8 Å². The molecule has 1 fully saturated rings. The first-order chi connectivity index (χ1) is 35.7. The number of alkyl carbamates (subject to hydrolysis) is 1. The largest absolute Gasteiger partial charge is 0.481 e. The molecule has 0 radical (unpaired) electrons. The quantitative estimate of drug-likeness (QED) is 0.0406. The van der Waals surface area contributed by atoms with E-state index in [1.807, 2.05) is 38.1 Å². The van der Waals surface area contributed by atoms with E-state index >= 15 is 0 Å². The first-order valence-corrected chi connectivity index (χ1v) is 27.2. The minimum atomic E-state index is -5.49. The lowest BCUT2D eigenvalue weighted by Gasteiger charge is -2.43. The van der Waals surface area contributed by atoms with Gasteiger partial charge in [-0.25, -0.2) is 38.2 Å². The number of carbonyl (C=O) groups excluding carboxylic acids is 2. The second kappa shape index (κ2) is 19.9. The molecule has 2 aromatic heterocycles. The van der Waals surface area contributed by atoms with Crippen LogP contribution < -0.4 is 41.2 Å². The van der Waals surface area contributed by atoms with Crippen molar-refractivity contribution in [3.8, 4) is 11.5 Å². The van der Waals surface area contributed by atoms with Gasteiger partial charge in [0.1, 0.15) is 42.1 Å². The first-order valence-electron chi connectivity index (χ1n) is 24.2. The van der Waals surface area contributed by atoms with E-state index in [4.69, 9.17) is 34.3 Å². The number of benzene rings is 3. The number of aromatic nitrogens is 4. The van der Waals surface area contributed by atoms with E-state index in [0.717, 1.165) is 39.6 Å². The van der Waals surface area contributed by atoms with Crippen LogP contribution in [0.4, 0.5) is 16.3 Å². The summed E-state index contributed by atoms with van der Waals surface area (Å²) in [5, 5.41) is 28.9. The Morgan fingerprint density at radius 3 is 2.32 bits per heavy atom. The molecule has 3 aromatic carbocycles. The molecule has 6 heterocycles. The van der Waals surface area contributed by atoms with Crippen LogP contribution in [0, 0.1) is 0 Å². The standard InChI is InChI=1S/C50H57N9O15P2/c1-9-58-34-18-36-32(16-29(34)25(3)20-49(58,5)6)39(33-17-30-26(4)21-50(7,8)59(10-2)35(30)19-37(33)71-36)31-15-27(11-12-28(31)47(62)63)45(61)52-13-14-53-48(64)73-42-41(60)38(22-70-76(68,69)74-75(65,66)67)72-46(42)57-24-56-40-43(51)54-23-55-44(40)57/h11-12,15-21,23-24,38,41-42,46,60H,9-10,13-14,22H2,1-8H3,(H7-,51,52,53,54,55,61,62,63,64,65,66,67,68,69)/p+1/t38-,41-,42-,46-/m1/s1. The molecule has 5 aromatic rings. The molecule has 9 N–H and O–H groups in total. The third-order valence-corrected chi connectivity index (χ3v) is 16.0. The summed E-state index contributed by atoms with van der Waals surface area (Å²) in [7, 11) is -10.9. The van der Waals surface area contributed by atoms with Crippen molar-refractivity contribution in [1.82, 2.24) is 34.7 Å². The highest BCUT2D eigenvalue weighted by atomic mass is 31.3. The van der Waals surface area contributed by atoms with E-state index in [2.05, 4.69) is 93.1 Å². The van der Waals surface area contributed by atoms with Gasteiger partial charge in [0.15, 0.2) is 29.3 Å². The van der Waals surface area contributed by atoms with Crippen LogP contribution in [-0.4, -0.2) is 125 Å². The second-order valence-corrected chi connectivity index (χ2v) is 22.6. The average molecular weight is 1090 g/mol. The maximum atomic E-state index is 14.1. The Bertz CT molecular complexity index is 3550. The van der Waals surface area contributed by atoms with Gasteiger partial charge in [-0.1, -0.05) is 6.08 Å². The van der Waals surface area contributed by atoms with Crippen molar-refractivity contribution in [2.24, 2.45) is 0 Å². The smallest absolute Gasteiger partial charge is 0.478 e. The number of carboxylic acids is 1. The third-order valence-electron chi connectivity index (χ3n) is 13.8. The highest BCUT2D eigenvalue weighted by Gasteiger charge is 2.49. The van der Waals surface area contributed by atoms with Crippen LogP contribution >= 0.6 is 15.6 Å². The van der Waals surface area contributed by atoms with Crippen LogP contribution in [0.3, 0.4) is 0 Å². The van der Waals surface area contributed by atoms with E-state index in [-0.39, 0.29) is 57.8 Å². The van der Waals surface area contributed by atoms with Crippen LogP contribution in [0.25, 0.3) is 27.9 Å². The van der Waals surface area contributed by atoms with E-state index in [9.17, 15) is 38.6 Å². The number of nitrogens with one attached hydrogen (secondary N) is 2. The van der Waals surface area contributed by atoms with Gasteiger partial charge >= 0.3 is 27.7 Å². The van der Waals surface area contributed by atoms with Crippen molar-refractivity contribution in [1.29, 1.82) is 0 Å². The van der Waals surface area contributed by atoms with Crippen molar-refractivity contribution < 1.29 is 71.5 Å². The number of carbonyl (C=O) groups is 3. The highest BCUT2D eigenvalue weighted by molar-refractivity contribution is 7.60. The molecule has 402 valence electrons. The van der Waals surface area contributed by atoms with E-state index in [1.54, 1.807) is 0 Å². The molecule has 0 saturated carbocycles. The Kier molecular flexibility index (Phi) is 14.2. The Labute approximate surface area is 435 Å². The number of amides is 2. The highest BCUT2D eigenvalue weighted by Crippen LogP contribution is 2.58. The number of allylic oxidation sites excluding steroid dienone is 2. The topological polar surface area (TPSA) is 333 Å². The molecule has 26 heteroatoms. The Morgan fingerprint density at radius 2 is 1.62 bits per heavy atom. The average Bonchev–Trinajstić information content (AvgIpc) is 3.96. The van der Waals surface area contributed by atoms with E-state index in [1.165, 1.54) is 29.1 Å². The second-order valence-electron chi connectivity index (χ2n) is 19.8. The zero-order chi connectivity index (χ0) is 55.0. The molecule has 0 aliphatic carbocycles. The Balaban J connectivity index is 0.999. The number of likely N-dealkylation sites (N-methyl/N-ethyl adjacent to an activating group) is 2. The number of ether oxygens (including phenoxy) is 3. The minimum Gasteiger partial charge on any atom is -0.478 e. The third kappa shape index (κ3) is 10.1. The van der Waals surface area contributed by atoms with Crippen LogP contribution in [0.15, 0.2) is 67.3 Å². The van der Waals surface area contributed by atoms with Crippen molar-refractivity contribution in [2.45, 2.75) is 91.0 Å². The molecular weight excluding hydrogens is 1030 g/mol. The Hall–Kier alpha value is -6.85. The maximum absolute atomic E-state index is 14.1. The van der Waals surface area contributed by atoms with Crippen LogP contribution in [0.5, 0.6) is 11.5 Å². The SMILES string of the molecule is CCN1c2cc3c(cc2C(C)=CC1(C)C)C(c1cc(C(=O)NCCNC(=O)O[C@@H]2[C@H](O)[C@@H](COP(=O)(O)OP(=O)(O)O)O[C@H]2n2cnc4c(N)ncnc42)ccc1C(=O)O)=c1cc2c(cc1O3)=[N+](CC)C(C)(C)C=C2C. The van der Waals surface area contributed by atoms with Gasteiger partial charge in [-0.3, -0.25) is 13.9 Å². The van der Waals surface area contributed by atoms with Gasteiger partial charge in [0, 0.05) is 78.3 Å². The number of imidazole rings is 1. The summed E-state index contributed by atoms with van der Waals surface area (Å²) in [5.74, 6) is -0.789. The summed E-state index contributed by atoms with van der Waals surface area (Å²) in [6.07, 6.45) is -0.763.